The van der Waals surface area contributed by atoms with Gasteiger partial charge in [0.2, 0.25) is 0 Å². The van der Waals surface area contributed by atoms with Crippen molar-refractivity contribution in [2.75, 3.05) is 7.11 Å². The fourth-order valence-corrected chi connectivity index (χ4v) is 1.18. The number of ether oxygens (including phenoxy) is 2. The van der Waals surface area contributed by atoms with Gasteiger partial charge in [-0.3, -0.25) is 0 Å². The molecule has 1 rings (SSSR count). The Bertz CT molecular complexity index is 182. The van der Waals surface area contributed by atoms with Gasteiger partial charge in [0.1, 0.15) is 24.4 Å². The van der Waals surface area contributed by atoms with Gasteiger partial charge in [-0.25, -0.2) is 0 Å². The van der Waals surface area contributed by atoms with E-state index in [1.54, 1.807) is 0 Å². The Morgan fingerprint density at radius 3 is 2.31 bits per heavy atom. The molecule has 0 amide bonds. The molecular weight excluding hydrogens is 180 g/mol. The van der Waals surface area contributed by atoms with Crippen molar-refractivity contribution in [3.63, 3.8) is 0 Å². The Hall–Kier alpha value is -0.530. The summed E-state index contributed by atoms with van der Waals surface area (Å²) in [6.07, 6.45) is -6.10. The van der Waals surface area contributed by atoms with Crippen molar-refractivity contribution in [3.05, 3.63) is 0 Å². The number of hydrogen-bond acceptors (Lipinski definition) is 6. The summed E-state index contributed by atoms with van der Waals surface area (Å²) in [7, 11) is 1.26. The lowest BCUT2D eigenvalue weighted by Gasteiger charge is -2.37. The molecule has 3 N–H and O–H groups in total. The van der Waals surface area contributed by atoms with E-state index in [2.05, 4.69) is 4.74 Å². The maximum atomic E-state index is 10.4. The van der Waals surface area contributed by atoms with Crippen molar-refractivity contribution in [2.24, 2.45) is 0 Å². The van der Waals surface area contributed by atoms with Crippen LogP contribution in [0, 0.1) is 0 Å². The summed E-state index contributed by atoms with van der Waals surface area (Å²) in [6.45, 7) is 0. The number of aliphatic hydroxyl groups excluding tert-OH is 3. The minimum Gasteiger partial charge on any atom is -0.387 e. The van der Waals surface area contributed by atoms with Crippen molar-refractivity contribution < 1.29 is 29.6 Å². The van der Waals surface area contributed by atoms with Gasteiger partial charge in [0.05, 0.1) is 0 Å². The van der Waals surface area contributed by atoms with Crippen molar-refractivity contribution >= 4 is 6.29 Å². The maximum absolute atomic E-state index is 10.4. The number of rotatable bonds is 2. The minimum absolute atomic E-state index is 0.353. The first-order chi connectivity index (χ1) is 6.11. The normalized spacial score (nSPS) is 46.0. The van der Waals surface area contributed by atoms with Crippen molar-refractivity contribution in [1.82, 2.24) is 0 Å². The molecule has 1 aliphatic heterocycles. The summed E-state index contributed by atoms with van der Waals surface area (Å²) in [6, 6.07) is 0. The highest BCUT2D eigenvalue weighted by molar-refractivity contribution is 5.57. The van der Waals surface area contributed by atoms with Crippen LogP contribution in [0.2, 0.25) is 0 Å². The standard InChI is InChI=1S/C7H12O6/c1-12-7-6(11)5(10)4(9)3(2-8)13-7/h2-7,9-11H,1H3/t3-,4+,5+,6-,7+/m1/s1. The Kier molecular flexibility index (Phi) is 3.34. The second-order valence-electron chi connectivity index (χ2n) is 2.81. The number of hydrogen-bond donors (Lipinski definition) is 3. The van der Waals surface area contributed by atoms with Crippen LogP contribution in [0.4, 0.5) is 0 Å². The van der Waals surface area contributed by atoms with E-state index in [1.807, 2.05) is 0 Å². The fourth-order valence-electron chi connectivity index (χ4n) is 1.18. The average Bonchev–Trinajstić information content (AvgIpc) is 2.15. The highest BCUT2D eigenvalue weighted by Gasteiger charge is 2.43. The van der Waals surface area contributed by atoms with Crippen molar-refractivity contribution in [3.8, 4) is 0 Å². The monoisotopic (exact) mass is 192 g/mol. The molecule has 0 aliphatic carbocycles. The van der Waals surface area contributed by atoms with Crippen LogP contribution in [0.1, 0.15) is 0 Å². The van der Waals surface area contributed by atoms with E-state index < -0.39 is 30.7 Å². The molecule has 0 aromatic heterocycles. The van der Waals surface area contributed by atoms with Gasteiger partial charge >= 0.3 is 0 Å². The van der Waals surface area contributed by atoms with Crippen LogP contribution < -0.4 is 0 Å². The predicted octanol–water partition coefficient (Wildman–Crippen LogP) is -2.36. The predicted molar refractivity (Wildman–Crippen MR) is 39.8 cm³/mol. The summed E-state index contributed by atoms with van der Waals surface area (Å²) in [5.74, 6) is 0. The number of aldehydes is 1. The highest BCUT2D eigenvalue weighted by Crippen LogP contribution is 2.20. The van der Waals surface area contributed by atoms with Crippen LogP contribution in [-0.2, 0) is 14.3 Å². The Balaban J connectivity index is 2.71. The highest BCUT2D eigenvalue weighted by atomic mass is 16.7. The summed E-state index contributed by atoms with van der Waals surface area (Å²) < 4.78 is 9.48. The largest absolute Gasteiger partial charge is 0.387 e. The van der Waals surface area contributed by atoms with Crippen LogP contribution in [0.5, 0.6) is 0 Å². The molecule has 0 saturated carbocycles. The second-order valence-corrected chi connectivity index (χ2v) is 2.81. The first kappa shape index (κ1) is 10.6. The van der Waals surface area contributed by atoms with E-state index in [9.17, 15) is 20.1 Å². The van der Waals surface area contributed by atoms with Crippen molar-refractivity contribution in [2.45, 2.75) is 30.7 Å². The minimum atomic E-state index is -1.44. The molecule has 1 fully saturated rings. The van der Waals surface area contributed by atoms with Gasteiger partial charge in [0.25, 0.3) is 0 Å². The third kappa shape index (κ3) is 1.87. The number of methoxy groups -OCH3 is 1. The van der Waals surface area contributed by atoms with Gasteiger partial charge in [0.15, 0.2) is 12.6 Å². The molecule has 6 nitrogen and oxygen atoms in total. The van der Waals surface area contributed by atoms with Crippen LogP contribution in [-0.4, -0.2) is 59.4 Å². The smallest absolute Gasteiger partial charge is 0.186 e. The van der Waals surface area contributed by atoms with Crippen molar-refractivity contribution in [1.29, 1.82) is 0 Å². The molecule has 0 radical (unpaired) electrons. The van der Waals surface area contributed by atoms with Crippen LogP contribution in [0.3, 0.4) is 0 Å². The first-order valence-corrected chi connectivity index (χ1v) is 3.79. The topological polar surface area (TPSA) is 96.2 Å². The van der Waals surface area contributed by atoms with Gasteiger partial charge in [0, 0.05) is 7.11 Å². The van der Waals surface area contributed by atoms with E-state index in [4.69, 9.17) is 4.74 Å². The Morgan fingerprint density at radius 1 is 1.23 bits per heavy atom. The summed E-state index contributed by atoms with van der Waals surface area (Å²) >= 11 is 0. The molecular formula is C7H12O6. The number of carbonyl (C=O) groups is 1. The lowest BCUT2D eigenvalue weighted by Crippen LogP contribution is -2.58. The van der Waals surface area contributed by atoms with Crippen LogP contribution in [0.25, 0.3) is 0 Å². The molecule has 13 heavy (non-hydrogen) atoms. The molecule has 5 atom stereocenters. The second kappa shape index (κ2) is 4.12. The molecule has 76 valence electrons. The third-order valence-electron chi connectivity index (χ3n) is 1.97. The Labute approximate surface area is 74.7 Å². The first-order valence-electron chi connectivity index (χ1n) is 3.79. The zero-order valence-corrected chi connectivity index (χ0v) is 7.03. The van der Waals surface area contributed by atoms with Crippen LogP contribution in [0.15, 0.2) is 0 Å². The van der Waals surface area contributed by atoms with Gasteiger partial charge in [-0.05, 0) is 0 Å². The molecule has 6 heteroatoms. The molecule has 0 aromatic carbocycles. The maximum Gasteiger partial charge on any atom is 0.186 e. The molecule has 1 aliphatic rings. The molecule has 0 aromatic rings. The van der Waals surface area contributed by atoms with Gasteiger partial charge in [-0.15, -0.1) is 0 Å². The molecule has 0 unspecified atom stereocenters. The van der Waals surface area contributed by atoms with E-state index in [0.29, 0.717) is 6.29 Å². The number of carbonyl (C=O) groups excluding carboxylic acids is 1. The Morgan fingerprint density at radius 2 is 1.85 bits per heavy atom. The lowest BCUT2D eigenvalue weighted by molar-refractivity contribution is -0.280. The quantitative estimate of drug-likeness (QED) is 0.423. The fraction of sp³-hybridized carbons (Fsp3) is 0.857. The van der Waals surface area contributed by atoms with Gasteiger partial charge < -0.3 is 29.6 Å². The summed E-state index contributed by atoms with van der Waals surface area (Å²) in [5, 5.41) is 27.7. The molecule has 0 bridgehead atoms. The summed E-state index contributed by atoms with van der Waals surface area (Å²) in [5.41, 5.74) is 0. The lowest BCUT2D eigenvalue weighted by atomic mass is 10.00. The van der Waals surface area contributed by atoms with Crippen LogP contribution >= 0.6 is 0 Å². The summed E-state index contributed by atoms with van der Waals surface area (Å²) in [4.78, 5) is 10.4. The molecule has 0 spiro atoms. The van der Waals surface area contributed by atoms with E-state index in [-0.39, 0.29) is 0 Å². The average molecular weight is 192 g/mol. The van der Waals surface area contributed by atoms with Gasteiger partial charge in [-0.1, -0.05) is 0 Å². The van der Waals surface area contributed by atoms with E-state index >= 15 is 0 Å². The zero-order chi connectivity index (χ0) is 10.0. The molecule has 1 saturated heterocycles. The third-order valence-corrected chi connectivity index (χ3v) is 1.97. The number of aliphatic hydroxyl groups is 3. The van der Waals surface area contributed by atoms with E-state index in [0.717, 1.165) is 0 Å². The van der Waals surface area contributed by atoms with E-state index in [1.165, 1.54) is 7.11 Å². The SMILES string of the molecule is CO[C@H]1O[C@H](C=O)[C@H](O)[C@H](O)[C@H]1O. The molecule has 1 heterocycles. The van der Waals surface area contributed by atoms with Gasteiger partial charge in [-0.2, -0.15) is 0 Å². The zero-order valence-electron chi connectivity index (χ0n) is 7.03.